The fourth-order valence-corrected chi connectivity index (χ4v) is 3.20. The number of thiophene rings is 1. The molecule has 2 rings (SSSR count). The molecule has 0 atom stereocenters. The van der Waals surface area contributed by atoms with Gasteiger partial charge in [0.05, 0.1) is 10.6 Å². The monoisotopic (exact) mass is 288 g/mol. The van der Waals surface area contributed by atoms with Crippen LogP contribution in [0.25, 0.3) is 11.1 Å². The molecule has 0 saturated heterocycles. The highest BCUT2D eigenvalue weighted by atomic mass is 32.1. The Morgan fingerprint density at radius 2 is 1.85 bits per heavy atom. The third-order valence-electron chi connectivity index (χ3n) is 3.38. The molecule has 1 aromatic carbocycles. The van der Waals surface area contributed by atoms with Crippen molar-refractivity contribution in [2.75, 3.05) is 19.8 Å². The normalized spacial score (nSPS) is 10.6. The highest BCUT2D eigenvalue weighted by Gasteiger charge is 2.22. The van der Waals surface area contributed by atoms with Crippen LogP contribution < -0.4 is 5.73 Å². The molecule has 106 valence electrons. The quantitative estimate of drug-likeness (QED) is 0.938. The Morgan fingerprint density at radius 3 is 2.35 bits per heavy atom. The van der Waals surface area contributed by atoms with Gasteiger partial charge in [0.25, 0.3) is 5.91 Å². The van der Waals surface area contributed by atoms with Gasteiger partial charge in [0.2, 0.25) is 0 Å². The molecule has 1 heterocycles. The smallest absolute Gasteiger partial charge is 0.256 e. The Balaban J connectivity index is 2.57. The highest BCUT2D eigenvalue weighted by Crippen LogP contribution is 2.38. The van der Waals surface area contributed by atoms with E-state index in [1.807, 2.05) is 6.92 Å². The molecule has 0 unspecified atom stereocenters. The summed E-state index contributed by atoms with van der Waals surface area (Å²) in [5, 5.41) is 0.593. The SMILES string of the molecule is CCc1ccc(-c2c(C)sc(N)c2C(=O)N(C)C)cc1. The number of anilines is 1. The zero-order valence-corrected chi connectivity index (χ0v) is 13.2. The van der Waals surface area contributed by atoms with E-state index in [0.29, 0.717) is 10.6 Å². The first-order chi connectivity index (χ1) is 9.45. The summed E-state index contributed by atoms with van der Waals surface area (Å²) >= 11 is 1.48. The fourth-order valence-electron chi connectivity index (χ4n) is 2.26. The van der Waals surface area contributed by atoms with Crippen molar-refractivity contribution >= 4 is 22.2 Å². The van der Waals surface area contributed by atoms with Crippen LogP contribution in [-0.2, 0) is 6.42 Å². The predicted octanol–water partition coefficient (Wildman–Crippen LogP) is 3.57. The van der Waals surface area contributed by atoms with Gasteiger partial charge in [-0.15, -0.1) is 11.3 Å². The van der Waals surface area contributed by atoms with Crippen molar-refractivity contribution in [2.45, 2.75) is 20.3 Å². The van der Waals surface area contributed by atoms with Crippen molar-refractivity contribution in [3.8, 4) is 11.1 Å². The maximum Gasteiger partial charge on any atom is 0.256 e. The number of rotatable bonds is 3. The lowest BCUT2D eigenvalue weighted by Crippen LogP contribution is -2.22. The van der Waals surface area contributed by atoms with Crippen LogP contribution in [0.5, 0.6) is 0 Å². The predicted molar refractivity (Wildman–Crippen MR) is 86.3 cm³/mol. The standard InChI is InChI=1S/C16H20N2OS/c1-5-11-6-8-12(9-7-11)13-10(2)20-15(17)14(13)16(19)18(3)4/h6-9H,5,17H2,1-4H3. The van der Waals surface area contributed by atoms with Crippen molar-refractivity contribution in [1.82, 2.24) is 4.90 Å². The van der Waals surface area contributed by atoms with E-state index in [4.69, 9.17) is 5.73 Å². The summed E-state index contributed by atoms with van der Waals surface area (Å²) in [5.41, 5.74) is 9.98. The number of nitrogens with two attached hydrogens (primary N) is 1. The van der Waals surface area contributed by atoms with Gasteiger partial charge in [0.1, 0.15) is 0 Å². The van der Waals surface area contributed by atoms with Gasteiger partial charge in [-0.1, -0.05) is 31.2 Å². The lowest BCUT2D eigenvalue weighted by Gasteiger charge is -2.13. The van der Waals surface area contributed by atoms with E-state index in [1.165, 1.54) is 16.9 Å². The Bertz CT molecular complexity index is 627. The molecule has 0 spiro atoms. The van der Waals surface area contributed by atoms with Gasteiger partial charge in [-0.3, -0.25) is 4.79 Å². The van der Waals surface area contributed by atoms with E-state index >= 15 is 0 Å². The molecule has 0 aliphatic heterocycles. The first-order valence-electron chi connectivity index (χ1n) is 6.65. The molecular formula is C16H20N2OS. The van der Waals surface area contributed by atoms with Crippen LogP contribution in [0.15, 0.2) is 24.3 Å². The number of benzene rings is 1. The lowest BCUT2D eigenvalue weighted by molar-refractivity contribution is 0.0829. The van der Waals surface area contributed by atoms with Crippen molar-refractivity contribution < 1.29 is 4.79 Å². The Labute approximate surface area is 124 Å². The minimum atomic E-state index is -0.0404. The molecule has 1 aromatic heterocycles. The maximum absolute atomic E-state index is 12.3. The highest BCUT2D eigenvalue weighted by molar-refractivity contribution is 7.16. The molecule has 0 fully saturated rings. The second-order valence-electron chi connectivity index (χ2n) is 5.02. The van der Waals surface area contributed by atoms with Crippen LogP contribution in [-0.4, -0.2) is 24.9 Å². The summed E-state index contributed by atoms with van der Waals surface area (Å²) in [7, 11) is 3.50. The topological polar surface area (TPSA) is 46.3 Å². The van der Waals surface area contributed by atoms with Crippen molar-refractivity contribution in [3.05, 3.63) is 40.3 Å². The number of carbonyl (C=O) groups is 1. The number of hydrogen-bond acceptors (Lipinski definition) is 3. The van der Waals surface area contributed by atoms with E-state index in [9.17, 15) is 4.79 Å². The zero-order chi connectivity index (χ0) is 14.9. The van der Waals surface area contributed by atoms with Crippen LogP contribution in [0, 0.1) is 6.92 Å². The summed E-state index contributed by atoms with van der Waals surface area (Å²) in [6.07, 6.45) is 1.01. The largest absolute Gasteiger partial charge is 0.390 e. The van der Waals surface area contributed by atoms with E-state index in [-0.39, 0.29) is 5.91 Å². The molecule has 4 heteroatoms. The molecule has 2 N–H and O–H groups in total. The summed E-state index contributed by atoms with van der Waals surface area (Å²) in [4.78, 5) is 15.0. The fraction of sp³-hybridized carbons (Fsp3) is 0.312. The summed E-state index contributed by atoms with van der Waals surface area (Å²) in [6.45, 7) is 4.14. The molecule has 0 saturated carbocycles. The Kier molecular flexibility index (Phi) is 4.14. The molecule has 2 aromatic rings. The van der Waals surface area contributed by atoms with E-state index in [1.54, 1.807) is 19.0 Å². The van der Waals surface area contributed by atoms with Crippen molar-refractivity contribution in [3.63, 3.8) is 0 Å². The number of nitrogen functional groups attached to an aromatic ring is 1. The molecule has 3 nitrogen and oxygen atoms in total. The first kappa shape index (κ1) is 14.6. The number of aryl methyl sites for hydroxylation is 2. The van der Waals surface area contributed by atoms with Crippen molar-refractivity contribution in [2.24, 2.45) is 0 Å². The van der Waals surface area contributed by atoms with Gasteiger partial charge in [-0.05, 0) is 24.5 Å². The van der Waals surface area contributed by atoms with Crippen LogP contribution in [0.1, 0.15) is 27.7 Å². The average molecular weight is 288 g/mol. The van der Waals surface area contributed by atoms with Gasteiger partial charge in [-0.25, -0.2) is 0 Å². The Hall–Kier alpha value is -1.81. The van der Waals surface area contributed by atoms with Gasteiger partial charge in [0, 0.05) is 24.5 Å². The summed E-state index contributed by atoms with van der Waals surface area (Å²) < 4.78 is 0. The van der Waals surface area contributed by atoms with Gasteiger partial charge >= 0.3 is 0 Å². The van der Waals surface area contributed by atoms with Crippen molar-refractivity contribution in [1.29, 1.82) is 0 Å². The summed E-state index contributed by atoms with van der Waals surface area (Å²) in [5.74, 6) is -0.0404. The van der Waals surface area contributed by atoms with Crippen LogP contribution in [0.4, 0.5) is 5.00 Å². The van der Waals surface area contributed by atoms with E-state index < -0.39 is 0 Å². The number of hydrogen-bond donors (Lipinski definition) is 1. The summed E-state index contributed by atoms with van der Waals surface area (Å²) in [6, 6.07) is 8.35. The molecule has 20 heavy (non-hydrogen) atoms. The number of carbonyl (C=O) groups excluding carboxylic acids is 1. The lowest BCUT2D eigenvalue weighted by atomic mass is 9.99. The molecule has 0 aliphatic rings. The molecular weight excluding hydrogens is 268 g/mol. The second-order valence-corrected chi connectivity index (χ2v) is 6.28. The third kappa shape index (κ3) is 2.56. The van der Waals surface area contributed by atoms with E-state index in [2.05, 4.69) is 31.2 Å². The van der Waals surface area contributed by atoms with Gasteiger partial charge < -0.3 is 10.6 Å². The third-order valence-corrected chi connectivity index (χ3v) is 4.32. The van der Waals surface area contributed by atoms with Crippen LogP contribution >= 0.6 is 11.3 Å². The molecule has 1 amide bonds. The number of nitrogens with zero attached hydrogens (tertiary/aromatic N) is 1. The average Bonchev–Trinajstić information content (AvgIpc) is 2.72. The van der Waals surface area contributed by atoms with E-state index in [0.717, 1.165) is 22.4 Å². The minimum Gasteiger partial charge on any atom is -0.390 e. The second kappa shape index (κ2) is 5.67. The minimum absolute atomic E-state index is 0.0404. The maximum atomic E-state index is 12.3. The number of amides is 1. The Morgan fingerprint density at radius 1 is 1.25 bits per heavy atom. The van der Waals surface area contributed by atoms with Crippen LogP contribution in [0.3, 0.4) is 0 Å². The van der Waals surface area contributed by atoms with Gasteiger partial charge in [-0.2, -0.15) is 0 Å². The zero-order valence-electron chi connectivity index (χ0n) is 12.4. The van der Waals surface area contributed by atoms with Crippen LogP contribution in [0.2, 0.25) is 0 Å². The molecule has 0 aliphatic carbocycles. The molecule has 0 bridgehead atoms. The first-order valence-corrected chi connectivity index (χ1v) is 7.47. The molecule has 0 radical (unpaired) electrons. The van der Waals surface area contributed by atoms with Gasteiger partial charge in [0.15, 0.2) is 0 Å².